The van der Waals surface area contributed by atoms with Crippen molar-refractivity contribution in [1.29, 1.82) is 5.26 Å². The lowest BCUT2D eigenvalue weighted by molar-refractivity contribution is 0.938. The van der Waals surface area contributed by atoms with E-state index in [4.69, 9.17) is 11.0 Å². The van der Waals surface area contributed by atoms with Crippen LogP contribution in [0.1, 0.15) is 23.9 Å². The van der Waals surface area contributed by atoms with Gasteiger partial charge in [-0.15, -0.1) is 0 Å². The van der Waals surface area contributed by atoms with Crippen molar-refractivity contribution >= 4 is 11.6 Å². The molecule has 19 heavy (non-hydrogen) atoms. The smallest absolute Gasteiger partial charge is 0.132 e. The van der Waals surface area contributed by atoms with Crippen LogP contribution in [0.3, 0.4) is 0 Å². The molecule has 0 aliphatic carbocycles. The van der Waals surface area contributed by atoms with E-state index in [2.05, 4.69) is 21.4 Å². The van der Waals surface area contributed by atoms with Gasteiger partial charge >= 0.3 is 0 Å². The Bertz CT molecular complexity index is 598. The third-order valence-corrected chi connectivity index (χ3v) is 2.67. The summed E-state index contributed by atoms with van der Waals surface area (Å²) < 4.78 is 0. The Morgan fingerprint density at radius 3 is 2.63 bits per heavy atom. The minimum absolute atomic E-state index is 0.467. The van der Waals surface area contributed by atoms with Crippen LogP contribution in [-0.4, -0.2) is 9.97 Å². The summed E-state index contributed by atoms with van der Waals surface area (Å²) in [7, 11) is 0. The lowest BCUT2D eigenvalue weighted by Crippen LogP contribution is -2.06. The molecule has 0 amide bonds. The summed E-state index contributed by atoms with van der Waals surface area (Å²) in [6, 6.07) is 11.2. The van der Waals surface area contributed by atoms with Gasteiger partial charge in [-0.05, 0) is 17.7 Å². The maximum Gasteiger partial charge on any atom is 0.132 e. The number of anilines is 2. The fourth-order valence-electron chi connectivity index (χ4n) is 1.66. The molecule has 0 atom stereocenters. The normalized spacial score (nSPS) is 9.89. The van der Waals surface area contributed by atoms with Gasteiger partial charge in [-0.3, -0.25) is 0 Å². The average Bonchev–Trinajstić information content (AvgIpc) is 2.45. The van der Waals surface area contributed by atoms with Crippen LogP contribution >= 0.6 is 0 Å². The molecule has 2 aromatic rings. The summed E-state index contributed by atoms with van der Waals surface area (Å²) in [6.45, 7) is 2.62. The van der Waals surface area contributed by atoms with Crippen molar-refractivity contribution in [2.75, 3.05) is 11.1 Å². The number of hydrogen-bond acceptors (Lipinski definition) is 5. The van der Waals surface area contributed by atoms with Crippen LogP contribution in [0.15, 0.2) is 30.3 Å². The predicted octanol–water partition coefficient (Wildman–Crippen LogP) is 2.10. The molecule has 0 aliphatic heterocycles. The van der Waals surface area contributed by atoms with Crippen LogP contribution in [0, 0.1) is 11.3 Å². The number of nitrogens with zero attached hydrogens (tertiary/aromatic N) is 3. The van der Waals surface area contributed by atoms with E-state index in [-0.39, 0.29) is 0 Å². The highest BCUT2D eigenvalue weighted by Gasteiger charge is 2.01. The fraction of sp³-hybridized carbons (Fsp3) is 0.214. The Labute approximate surface area is 112 Å². The topological polar surface area (TPSA) is 87.6 Å². The highest BCUT2D eigenvalue weighted by Crippen LogP contribution is 2.11. The average molecular weight is 253 g/mol. The number of nitrogens with one attached hydrogen (secondary N) is 1. The van der Waals surface area contributed by atoms with E-state index in [1.165, 1.54) is 0 Å². The van der Waals surface area contributed by atoms with Gasteiger partial charge in [-0.1, -0.05) is 19.1 Å². The van der Waals surface area contributed by atoms with E-state index in [9.17, 15) is 0 Å². The van der Waals surface area contributed by atoms with E-state index in [0.29, 0.717) is 23.7 Å². The third-order valence-electron chi connectivity index (χ3n) is 2.67. The largest absolute Gasteiger partial charge is 0.384 e. The number of nitrogens with two attached hydrogens (primary N) is 1. The van der Waals surface area contributed by atoms with Crippen molar-refractivity contribution in [3.05, 3.63) is 47.3 Å². The van der Waals surface area contributed by atoms with Crippen LogP contribution in [-0.2, 0) is 13.0 Å². The van der Waals surface area contributed by atoms with E-state index in [1.807, 2.05) is 19.1 Å². The summed E-state index contributed by atoms with van der Waals surface area (Å²) in [4.78, 5) is 8.47. The Kier molecular flexibility index (Phi) is 3.94. The quantitative estimate of drug-likeness (QED) is 0.871. The second-order valence-corrected chi connectivity index (χ2v) is 4.11. The molecule has 0 aliphatic rings. The van der Waals surface area contributed by atoms with Crippen molar-refractivity contribution in [3.8, 4) is 6.07 Å². The SMILES string of the molecule is CCc1nc(N)cc(NCc2ccc(C#N)cc2)n1. The lowest BCUT2D eigenvalue weighted by Gasteiger charge is -2.07. The second kappa shape index (κ2) is 5.83. The molecule has 3 N–H and O–H groups in total. The van der Waals surface area contributed by atoms with E-state index >= 15 is 0 Å². The molecular weight excluding hydrogens is 238 g/mol. The molecule has 1 aromatic carbocycles. The van der Waals surface area contributed by atoms with Crippen molar-refractivity contribution in [2.45, 2.75) is 19.9 Å². The predicted molar refractivity (Wildman–Crippen MR) is 74.3 cm³/mol. The van der Waals surface area contributed by atoms with Crippen LogP contribution in [0.2, 0.25) is 0 Å². The number of nitrogen functional groups attached to an aromatic ring is 1. The van der Waals surface area contributed by atoms with Gasteiger partial charge in [0.25, 0.3) is 0 Å². The Balaban J connectivity index is 2.05. The van der Waals surface area contributed by atoms with Crippen LogP contribution in [0.5, 0.6) is 0 Å². The molecule has 0 spiro atoms. The Morgan fingerprint density at radius 2 is 2.00 bits per heavy atom. The molecule has 1 aromatic heterocycles. The number of nitriles is 1. The van der Waals surface area contributed by atoms with E-state index < -0.39 is 0 Å². The maximum absolute atomic E-state index is 8.73. The van der Waals surface area contributed by atoms with Gasteiger partial charge in [-0.25, -0.2) is 9.97 Å². The van der Waals surface area contributed by atoms with Crippen molar-refractivity contribution in [2.24, 2.45) is 0 Å². The molecule has 0 saturated carbocycles. The molecule has 2 rings (SSSR count). The first-order valence-corrected chi connectivity index (χ1v) is 6.07. The molecule has 0 fully saturated rings. The number of aromatic nitrogens is 2. The summed E-state index contributed by atoms with van der Waals surface area (Å²) in [5.41, 5.74) is 7.45. The summed E-state index contributed by atoms with van der Waals surface area (Å²) >= 11 is 0. The van der Waals surface area contributed by atoms with Gasteiger partial charge < -0.3 is 11.1 Å². The number of hydrogen-bond donors (Lipinski definition) is 2. The minimum atomic E-state index is 0.467. The number of rotatable bonds is 4. The van der Waals surface area contributed by atoms with Crippen molar-refractivity contribution in [1.82, 2.24) is 9.97 Å². The Hall–Kier alpha value is -2.61. The maximum atomic E-state index is 8.73. The first-order valence-electron chi connectivity index (χ1n) is 6.07. The zero-order valence-electron chi connectivity index (χ0n) is 10.7. The van der Waals surface area contributed by atoms with E-state index in [0.717, 1.165) is 17.8 Å². The molecule has 5 heteroatoms. The van der Waals surface area contributed by atoms with Gasteiger partial charge in [0.2, 0.25) is 0 Å². The van der Waals surface area contributed by atoms with Gasteiger partial charge in [-0.2, -0.15) is 5.26 Å². The molecule has 0 saturated heterocycles. The lowest BCUT2D eigenvalue weighted by atomic mass is 10.1. The van der Waals surface area contributed by atoms with E-state index in [1.54, 1.807) is 18.2 Å². The van der Waals surface area contributed by atoms with Crippen LogP contribution in [0.4, 0.5) is 11.6 Å². The highest BCUT2D eigenvalue weighted by molar-refractivity contribution is 5.45. The number of benzene rings is 1. The summed E-state index contributed by atoms with van der Waals surface area (Å²) in [5, 5.41) is 11.9. The molecule has 1 heterocycles. The second-order valence-electron chi connectivity index (χ2n) is 4.11. The first kappa shape index (κ1) is 12.8. The molecule has 5 nitrogen and oxygen atoms in total. The Morgan fingerprint density at radius 1 is 1.26 bits per heavy atom. The summed E-state index contributed by atoms with van der Waals surface area (Å²) in [5.74, 6) is 1.91. The third kappa shape index (κ3) is 3.42. The van der Waals surface area contributed by atoms with Gasteiger partial charge in [0.15, 0.2) is 0 Å². The zero-order chi connectivity index (χ0) is 13.7. The molecule has 0 bridgehead atoms. The summed E-state index contributed by atoms with van der Waals surface area (Å²) in [6.07, 6.45) is 0.747. The van der Waals surface area contributed by atoms with Crippen LogP contribution < -0.4 is 11.1 Å². The standard InChI is InChI=1S/C14H15N5/c1-2-13-18-12(16)7-14(19-13)17-9-11-5-3-10(8-15)4-6-11/h3-7H,2,9H2,1H3,(H3,16,17,18,19). The van der Waals surface area contributed by atoms with Crippen molar-refractivity contribution < 1.29 is 0 Å². The molecular formula is C14H15N5. The monoisotopic (exact) mass is 253 g/mol. The molecule has 0 unspecified atom stereocenters. The first-order chi connectivity index (χ1) is 9.21. The molecule has 96 valence electrons. The minimum Gasteiger partial charge on any atom is -0.384 e. The highest BCUT2D eigenvalue weighted by atomic mass is 15.0. The van der Waals surface area contributed by atoms with Gasteiger partial charge in [0.1, 0.15) is 17.5 Å². The van der Waals surface area contributed by atoms with Crippen molar-refractivity contribution in [3.63, 3.8) is 0 Å². The fourth-order valence-corrected chi connectivity index (χ4v) is 1.66. The van der Waals surface area contributed by atoms with Gasteiger partial charge in [0.05, 0.1) is 11.6 Å². The molecule has 0 radical (unpaired) electrons. The van der Waals surface area contributed by atoms with Crippen LogP contribution in [0.25, 0.3) is 0 Å². The zero-order valence-corrected chi connectivity index (χ0v) is 10.7. The number of aryl methyl sites for hydroxylation is 1. The van der Waals surface area contributed by atoms with Gasteiger partial charge in [0, 0.05) is 19.0 Å².